The highest BCUT2D eigenvalue weighted by molar-refractivity contribution is 9.09. The first-order valence-electron chi connectivity index (χ1n) is 6.74. The number of carbonyl (C=O) groups excluding carboxylic acids is 1. The maximum Gasteiger partial charge on any atom is 0.310 e. The van der Waals surface area contributed by atoms with Gasteiger partial charge in [0.1, 0.15) is 0 Å². The average molecular weight is 357 g/mol. The standard InChI is InChI=1S/C14H17BrN2O4/c1-21-13-7-11(4-5-12(13)17(19)20)14(18)16-6-2-3-10(8-15)9-16/h4-5,7,10H,2-3,6,8-9H2,1H3. The third-order valence-corrected chi connectivity index (χ3v) is 4.56. The smallest absolute Gasteiger partial charge is 0.310 e. The van der Waals surface area contributed by atoms with Crippen molar-refractivity contribution in [2.75, 3.05) is 25.5 Å². The number of hydrogen-bond acceptors (Lipinski definition) is 4. The van der Waals surface area contributed by atoms with Gasteiger partial charge >= 0.3 is 5.69 Å². The van der Waals surface area contributed by atoms with Gasteiger partial charge in [-0.15, -0.1) is 0 Å². The molecule has 0 saturated carbocycles. The molecule has 1 aliphatic heterocycles. The van der Waals surface area contributed by atoms with Crippen LogP contribution in [0.5, 0.6) is 5.75 Å². The molecule has 6 nitrogen and oxygen atoms in total. The molecule has 0 N–H and O–H groups in total. The highest BCUT2D eigenvalue weighted by Crippen LogP contribution is 2.29. The summed E-state index contributed by atoms with van der Waals surface area (Å²) in [7, 11) is 1.36. The maximum atomic E-state index is 12.5. The molecule has 0 aromatic heterocycles. The minimum atomic E-state index is -0.519. The number of ether oxygens (including phenoxy) is 1. The van der Waals surface area contributed by atoms with Crippen molar-refractivity contribution < 1.29 is 14.5 Å². The number of hydrogen-bond donors (Lipinski definition) is 0. The van der Waals surface area contributed by atoms with Crippen molar-refractivity contribution in [3.8, 4) is 5.75 Å². The molecule has 1 saturated heterocycles. The zero-order valence-electron chi connectivity index (χ0n) is 11.8. The zero-order valence-corrected chi connectivity index (χ0v) is 13.3. The van der Waals surface area contributed by atoms with Crippen molar-refractivity contribution >= 4 is 27.5 Å². The van der Waals surface area contributed by atoms with E-state index in [0.29, 0.717) is 18.0 Å². The van der Waals surface area contributed by atoms with Gasteiger partial charge in [-0.2, -0.15) is 0 Å². The van der Waals surface area contributed by atoms with E-state index in [1.165, 1.54) is 25.3 Å². The molecule has 0 aliphatic carbocycles. The lowest BCUT2D eigenvalue weighted by molar-refractivity contribution is -0.385. The number of likely N-dealkylation sites (tertiary alicyclic amines) is 1. The Kier molecular flexibility index (Phi) is 5.17. The summed E-state index contributed by atoms with van der Waals surface area (Å²) < 4.78 is 5.01. The third kappa shape index (κ3) is 3.53. The fourth-order valence-electron chi connectivity index (χ4n) is 2.52. The summed E-state index contributed by atoms with van der Waals surface area (Å²) in [5, 5.41) is 11.7. The van der Waals surface area contributed by atoms with Gasteiger partial charge in [-0.1, -0.05) is 15.9 Å². The summed E-state index contributed by atoms with van der Waals surface area (Å²) in [6, 6.07) is 4.25. The van der Waals surface area contributed by atoms with E-state index >= 15 is 0 Å². The van der Waals surface area contributed by atoms with E-state index in [1.54, 1.807) is 4.90 Å². The lowest BCUT2D eigenvalue weighted by atomic mass is 9.99. The van der Waals surface area contributed by atoms with Crippen molar-refractivity contribution in [3.63, 3.8) is 0 Å². The Morgan fingerprint density at radius 2 is 2.33 bits per heavy atom. The summed E-state index contributed by atoms with van der Waals surface area (Å²) in [5.74, 6) is 0.469. The molecule has 0 radical (unpaired) electrons. The Bertz CT molecular complexity index is 550. The van der Waals surface area contributed by atoms with E-state index in [0.717, 1.165) is 24.7 Å². The number of nitro groups is 1. The second kappa shape index (κ2) is 6.89. The van der Waals surface area contributed by atoms with Crippen molar-refractivity contribution in [2.45, 2.75) is 12.8 Å². The average Bonchev–Trinajstić information content (AvgIpc) is 2.53. The van der Waals surface area contributed by atoms with Gasteiger partial charge in [0.15, 0.2) is 5.75 Å². The topological polar surface area (TPSA) is 72.7 Å². The number of carbonyl (C=O) groups is 1. The van der Waals surface area contributed by atoms with Crippen LogP contribution in [-0.4, -0.2) is 41.3 Å². The number of nitrogens with zero attached hydrogens (tertiary/aromatic N) is 2. The van der Waals surface area contributed by atoms with Crippen molar-refractivity contribution in [1.82, 2.24) is 4.90 Å². The van der Waals surface area contributed by atoms with E-state index in [1.807, 2.05) is 0 Å². The van der Waals surface area contributed by atoms with E-state index < -0.39 is 4.92 Å². The number of piperidine rings is 1. The predicted octanol–water partition coefficient (Wildman–Crippen LogP) is 2.85. The van der Waals surface area contributed by atoms with Gasteiger partial charge in [0.25, 0.3) is 5.91 Å². The maximum absolute atomic E-state index is 12.5. The Balaban J connectivity index is 2.21. The van der Waals surface area contributed by atoms with Crippen LogP contribution in [0.25, 0.3) is 0 Å². The van der Waals surface area contributed by atoms with Gasteiger partial charge < -0.3 is 9.64 Å². The Labute approximate surface area is 131 Å². The van der Waals surface area contributed by atoms with Crippen molar-refractivity contribution in [3.05, 3.63) is 33.9 Å². The minimum absolute atomic E-state index is 0.103. The first-order chi connectivity index (χ1) is 10.1. The SMILES string of the molecule is COc1cc(C(=O)N2CCCC(CBr)C2)ccc1[N+](=O)[O-]. The minimum Gasteiger partial charge on any atom is -0.490 e. The first-order valence-corrected chi connectivity index (χ1v) is 7.86. The fourth-order valence-corrected chi connectivity index (χ4v) is 3.05. The molecule has 1 aliphatic rings. The molecule has 114 valence electrons. The lowest BCUT2D eigenvalue weighted by Crippen LogP contribution is -2.40. The van der Waals surface area contributed by atoms with Crippen LogP contribution >= 0.6 is 15.9 Å². The molecule has 21 heavy (non-hydrogen) atoms. The van der Waals surface area contributed by atoms with Gasteiger partial charge in [-0.3, -0.25) is 14.9 Å². The van der Waals surface area contributed by atoms with Gasteiger partial charge in [-0.25, -0.2) is 0 Å². The number of alkyl halides is 1. The quantitative estimate of drug-likeness (QED) is 0.472. The van der Waals surface area contributed by atoms with Gasteiger partial charge in [-0.05, 0) is 24.8 Å². The number of benzene rings is 1. The second-order valence-electron chi connectivity index (χ2n) is 5.06. The van der Waals surface area contributed by atoms with Crippen molar-refractivity contribution in [1.29, 1.82) is 0 Å². The highest BCUT2D eigenvalue weighted by atomic mass is 79.9. The van der Waals surface area contributed by atoms with Crippen LogP contribution in [0.3, 0.4) is 0 Å². The Hall–Kier alpha value is -1.63. The number of rotatable bonds is 4. The van der Waals surface area contributed by atoms with Crippen LogP contribution < -0.4 is 4.74 Å². The van der Waals surface area contributed by atoms with E-state index in [-0.39, 0.29) is 17.3 Å². The van der Waals surface area contributed by atoms with Crippen molar-refractivity contribution in [2.24, 2.45) is 5.92 Å². The monoisotopic (exact) mass is 356 g/mol. The zero-order chi connectivity index (χ0) is 15.4. The van der Waals surface area contributed by atoms with E-state index in [4.69, 9.17) is 4.74 Å². The van der Waals surface area contributed by atoms with Crippen LogP contribution in [-0.2, 0) is 0 Å². The molecule has 1 aromatic rings. The highest BCUT2D eigenvalue weighted by Gasteiger charge is 2.25. The number of amides is 1. The molecular formula is C14H17BrN2O4. The van der Waals surface area contributed by atoms with E-state index in [9.17, 15) is 14.9 Å². The molecule has 2 rings (SSSR count). The van der Waals surface area contributed by atoms with E-state index in [2.05, 4.69) is 15.9 Å². The Morgan fingerprint density at radius 3 is 2.95 bits per heavy atom. The van der Waals surface area contributed by atoms with Gasteiger partial charge in [0.05, 0.1) is 12.0 Å². The molecule has 7 heteroatoms. The summed E-state index contributed by atoms with van der Waals surface area (Å²) in [6.07, 6.45) is 2.09. The number of methoxy groups -OCH3 is 1. The molecular weight excluding hydrogens is 340 g/mol. The molecule has 1 heterocycles. The van der Waals surface area contributed by atoms with Crippen LogP contribution in [0.4, 0.5) is 5.69 Å². The largest absolute Gasteiger partial charge is 0.490 e. The summed E-state index contributed by atoms with van der Waals surface area (Å²) in [6.45, 7) is 1.44. The molecule has 1 amide bonds. The number of halogens is 1. The molecule has 0 spiro atoms. The van der Waals surface area contributed by atoms with Crippen LogP contribution in [0.1, 0.15) is 23.2 Å². The summed E-state index contributed by atoms with van der Waals surface area (Å²) >= 11 is 3.46. The van der Waals surface area contributed by atoms with Crippen LogP contribution in [0.2, 0.25) is 0 Å². The third-order valence-electron chi connectivity index (χ3n) is 3.65. The molecule has 1 fully saturated rings. The van der Waals surface area contributed by atoms with Crippen LogP contribution in [0, 0.1) is 16.0 Å². The predicted molar refractivity (Wildman–Crippen MR) is 82.1 cm³/mol. The lowest BCUT2D eigenvalue weighted by Gasteiger charge is -2.32. The summed E-state index contributed by atoms with van der Waals surface area (Å²) in [4.78, 5) is 24.6. The second-order valence-corrected chi connectivity index (χ2v) is 5.70. The van der Waals surface area contributed by atoms with Crippen LogP contribution in [0.15, 0.2) is 18.2 Å². The molecule has 1 atom stereocenters. The molecule has 0 bridgehead atoms. The molecule has 1 aromatic carbocycles. The summed E-state index contributed by atoms with van der Waals surface area (Å²) in [5.41, 5.74) is 0.290. The number of nitro benzene ring substituents is 1. The normalized spacial score (nSPS) is 18.4. The first kappa shape index (κ1) is 15.8. The fraction of sp³-hybridized carbons (Fsp3) is 0.500. The van der Waals surface area contributed by atoms with Gasteiger partial charge in [0.2, 0.25) is 0 Å². The molecule has 1 unspecified atom stereocenters. The Morgan fingerprint density at radius 1 is 1.57 bits per heavy atom. The van der Waals surface area contributed by atoms with Gasteiger partial charge in [0, 0.05) is 36.1 Å².